The predicted octanol–water partition coefficient (Wildman–Crippen LogP) is 2.27. The van der Waals surface area contributed by atoms with E-state index in [1.54, 1.807) is 0 Å². The minimum atomic E-state index is -0.195. The van der Waals surface area contributed by atoms with Gasteiger partial charge in [-0.1, -0.05) is 19.9 Å². The van der Waals surface area contributed by atoms with Crippen LogP contribution in [0.1, 0.15) is 33.1 Å². The summed E-state index contributed by atoms with van der Waals surface area (Å²) in [5, 5.41) is 9.26. The molecule has 0 aliphatic carbocycles. The lowest BCUT2D eigenvalue weighted by Gasteiger charge is -2.06. The molecule has 0 aliphatic rings. The standard InChI is InChI=1S/C9H16O/c1-4-6-9(10)7-8(3)5-2/h9-10H,2,4,6-7H2,1,3H3. The van der Waals surface area contributed by atoms with Crippen LogP contribution in [-0.2, 0) is 0 Å². The van der Waals surface area contributed by atoms with Crippen molar-refractivity contribution < 1.29 is 5.11 Å². The fourth-order valence-electron chi connectivity index (χ4n) is 0.861. The van der Waals surface area contributed by atoms with Gasteiger partial charge in [-0.15, -0.1) is 5.73 Å². The van der Waals surface area contributed by atoms with E-state index in [0.717, 1.165) is 24.8 Å². The molecule has 0 rings (SSSR count). The molecule has 0 heterocycles. The molecular weight excluding hydrogens is 124 g/mol. The Balaban J connectivity index is 3.57. The molecule has 1 N–H and O–H groups in total. The molecule has 0 spiro atoms. The highest BCUT2D eigenvalue weighted by Gasteiger charge is 2.01. The van der Waals surface area contributed by atoms with E-state index in [0.29, 0.717) is 0 Å². The van der Waals surface area contributed by atoms with E-state index in [2.05, 4.69) is 19.2 Å². The van der Waals surface area contributed by atoms with E-state index in [4.69, 9.17) is 0 Å². The normalized spacial score (nSPS) is 12.3. The van der Waals surface area contributed by atoms with Gasteiger partial charge < -0.3 is 5.11 Å². The van der Waals surface area contributed by atoms with Crippen LogP contribution >= 0.6 is 0 Å². The summed E-state index contributed by atoms with van der Waals surface area (Å²) in [7, 11) is 0. The summed E-state index contributed by atoms with van der Waals surface area (Å²) in [4.78, 5) is 0. The largest absolute Gasteiger partial charge is 0.393 e. The van der Waals surface area contributed by atoms with Gasteiger partial charge in [0.2, 0.25) is 0 Å². The highest BCUT2D eigenvalue weighted by molar-refractivity contribution is 4.95. The molecule has 0 aliphatic heterocycles. The van der Waals surface area contributed by atoms with Crippen molar-refractivity contribution in [2.75, 3.05) is 0 Å². The van der Waals surface area contributed by atoms with Gasteiger partial charge in [0.1, 0.15) is 0 Å². The number of aliphatic hydroxyl groups is 1. The van der Waals surface area contributed by atoms with Crippen molar-refractivity contribution in [2.24, 2.45) is 0 Å². The van der Waals surface area contributed by atoms with Gasteiger partial charge in [0.05, 0.1) is 6.10 Å². The third-order valence-corrected chi connectivity index (χ3v) is 1.47. The molecular formula is C9H16O. The van der Waals surface area contributed by atoms with Gasteiger partial charge in [0.15, 0.2) is 0 Å². The molecule has 10 heavy (non-hydrogen) atoms. The van der Waals surface area contributed by atoms with Gasteiger partial charge in [-0.25, -0.2) is 0 Å². The van der Waals surface area contributed by atoms with Gasteiger partial charge >= 0.3 is 0 Å². The van der Waals surface area contributed by atoms with Gasteiger partial charge in [-0.05, 0) is 18.9 Å². The Hall–Kier alpha value is -0.520. The third-order valence-electron chi connectivity index (χ3n) is 1.47. The van der Waals surface area contributed by atoms with Crippen molar-refractivity contribution in [2.45, 2.75) is 39.2 Å². The van der Waals surface area contributed by atoms with E-state index < -0.39 is 0 Å². The maximum absolute atomic E-state index is 9.26. The molecule has 0 aromatic rings. The fourth-order valence-corrected chi connectivity index (χ4v) is 0.861. The highest BCUT2D eigenvalue weighted by atomic mass is 16.3. The Morgan fingerprint density at radius 3 is 2.70 bits per heavy atom. The van der Waals surface area contributed by atoms with Crippen LogP contribution in [0.4, 0.5) is 0 Å². The van der Waals surface area contributed by atoms with Crippen molar-refractivity contribution in [3.05, 3.63) is 17.9 Å². The number of aliphatic hydroxyl groups excluding tert-OH is 1. The summed E-state index contributed by atoms with van der Waals surface area (Å²) in [5.41, 5.74) is 3.80. The van der Waals surface area contributed by atoms with Gasteiger partial charge in [0.25, 0.3) is 0 Å². The van der Waals surface area contributed by atoms with Crippen molar-refractivity contribution in [1.82, 2.24) is 0 Å². The van der Waals surface area contributed by atoms with Crippen molar-refractivity contribution in [1.29, 1.82) is 0 Å². The molecule has 1 unspecified atom stereocenters. The zero-order valence-electron chi connectivity index (χ0n) is 6.85. The summed E-state index contributed by atoms with van der Waals surface area (Å²) in [6, 6.07) is 0. The number of rotatable bonds is 4. The summed E-state index contributed by atoms with van der Waals surface area (Å²) in [6.45, 7) is 7.50. The molecule has 58 valence electrons. The maximum atomic E-state index is 9.26. The first-order valence-electron chi connectivity index (χ1n) is 3.74. The molecule has 0 saturated heterocycles. The molecule has 1 nitrogen and oxygen atoms in total. The number of hydrogen-bond donors (Lipinski definition) is 1. The summed E-state index contributed by atoms with van der Waals surface area (Å²) in [6.07, 6.45) is 2.43. The van der Waals surface area contributed by atoms with Crippen LogP contribution < -0.4 is 0 Å². The van der Waals surface area contributed by atoms with Crippen molar-refractivity contribution in [3.8, 4) is 0 Å². The quantitative estimate of drug-likeness (QED) is 0.594. The monoisotopic (exact) mass is 140 g/mol. The van der Waals surface area contributed by atoms with Crippen LogP contribution in [0.5, 0.6) is 0 Å². The van der Waals surface area contributed by atoms with E-state index in [-0.39, 0.29) is 6.10 Å². The fraction of sp³-hybridized carbons (Fsp3) is 0.667. The third kappa shape index (κ3) is 4.37. The van der Waals surface area contributed by atoms with Crippen LogP contribution in [0.3, 0.4) is 0 Å². The van der Waals surface area contributed by atoms with Gasteiger partial charge in [-0.3, -0.25) is 0 Å². The molecule has 0 aromatic carbocycles. The van der Waals surface area contributed by atoms with E-state index >= 15 is 0 Å². The van der Waals surface area contributed by atoms with Crippen molar-refractivity contribution >= 4 is 0 Å². The Labute approximate surface area is 63.1 Å². The second kappa shape index (κ2) is 5.28. The average Bonchev–Trinajstić information content (AvgIpc) is 1.88. The summed E-state index contributed by atoms with van der Waals surface area (Å²) >= 11 is 0. The second-order valence-electron chi connectivity index (χ2n) is 2.60. The van der Waals surface area contributed by atoms with Crippen LogP contribution in [0.25, 0.3) is 0 Å². The molecule has 0 radical (unpaired) electrons. The average molecular weight is 140 g/mol. The van der Waals surface area contributed by atoms with Crippen molar-refractivity contribution in [3.63, 3.8) is 0 Å². The lowest BCUT2D eigenvalue weighted by atomic mass is 10.1. The Morgan fingerprint density at radius 1 is 1.70 bits per heavy atom. The predicted molar refractivity (Wildman–Crippen MR) is 43.9 cm³/mol. The SMILES string of the molecule is C=C=C(C)CC(O)CCC. The van der Waals surface area contributed by atoms with E-state index in [1.165, 1.54) is 0 Å². The highest BCUT2D eigenvalue weighted by Crippen LogP contribution is 2.07. The molecule has 0 aromatic heterocycles. The summed E-state index contributed by atoms with van der Waals surface area (Å²) < 4.78 is 0. The van der Waals surface area contributed by atoms with Crippen LogP contribution in [-0.4, -0.2) is 11.2 Å². The molecule has 0 amide bonds. The topological polar surface area (TPSA) is 20.2 Å². The van der Waals surface area contributed by atoms with E-state index in [9.17, 15) is 5.11 Å². The minimum absolute atomic E-state index is 0.195. The van der Waals surface area contributed by atoms with Crippen LogP contribution in [0.15, 0.2) is 17.9 Å². The summed E-state index contributed by atoms with van der Waals surface area (Å²) in [5.74, 6) is 0. The zero-order chi connectivity index (χ0) is 7.98. The first-order chi connectivity index (χ1) is 4.70. The molecule has 0 saturated carbocycles. The van der Waals surface area contributed by atoms with Crippen LogP contribution in [0, 0.1) is 0 Å². The first-order valence-corrected chi connectivity index (χ1v) is 3.74. The first kappa shape index (κ1) is 9.48. The molecule has 0 fully saturated rings. The molecule has 1 atom stereocenters. The lowest BCUT2D eigenvalue weighted by molar-refractivity contribution is 0.164. The smallest absolute Gasteiger partial charge is 0.0583 e. The molecule has 1 heteroatoms. The Morgan fingerprint density at radius 2 is 2.30 bits per heavy atom. The van der Waals surface area contributed by atoms with Gasteiger partial charge in [-0.2, -0.15) is 0 Å². The van der Waals surface area contributed by atoms with Gasteiger partial charge in [0, 0.05) is 6.42 Å². The molecule has 0 bridgehead atoms. The number of hydrogen-bond acceptors (Lipinski definition) is 1. The van der Waals surface area contributed by atoms with E-state index in [1.807, 2.05) is 6.92 Å². The Kier molecular flexibility index (Phi) is 5.00. The second-order valence-corrected chi connectivity index (χ2v) is 2.60. The maximum Gasteiger partial charge on any atom is 0.0583 e. The Bertz CT molecular complexity index is 132. The lowest BCUT2D eigenvalue weighted by Crippen LogP contribution is -2.05. The van der Waals surface area contributed by atoms with Crippen LogP contribution in [0.2, 0.25) is 0 Å². The zero-order valence-corrected chi connectivity index (χ0v) is 6.85. The minimum Gasteiger partial charge on any atom is -0.393 e.